The van der Waals surface area contributed by atoms with Gasteiger partial charge in [0.2, 0.25) is 10.0 Å². The minimum atomic E-state index is -3.97. The van der Waals surface area contributed by atoms with Crippen molar-refractivity contribution in [1.82, 2.24) is 4.72 Å². The lowest BCUT2D eigenvalue weighted by Crippen LogP contribution is -2.35. The summed E-state index contributed by atoms with van der Waals surface area (Å²) in [6, 6.07) is 9.93. The van der Waals surface area contributed by atoms with Gasteiger partial charge in [-0.25, -0.2) is 21.6 Å². The number of carbonyl (C=O) groups is 1. The first-order chi connectivity index (χ1) is 14.7. The second kappa shape index (κ2) is 8.48. The minimum absolute atomic E-state index is 0.0435. The van der Waals surface area contributed by atoms with Crippen molar-refractivity contribution in [1.29, 1.82) is 0 Å². The lowest BCUT2D eigenvalue weighted by molar-refractivity contribution is 0.102. The number of sulfonamides is 1. The van der Waals surface area contributed by atoms with Crippen molar-refractivity contribution in [2.24, 2.45) is 0 Å². The van der Waals surface area contributed by atoms with Gasteiger partial charge >= 0.3 is 0 Å². The topological polar surface area (TPSA) is 128 Å². The van der Waals surface area contributed by atoms with Gasteiger partial charge in [-0.2, -0.15) is 0 Å². The fourth-order valence-electron chi connectivity index (χ4n) is 3.42. The number of hydrogen-bond acceptors (Lipinski definition) is 7. The second-order valence-corrected chi connectivity index (χ2v) is 11.4. The normalized spacial score (nSPS) is 20.1. The van der Waals surface area contributed by atoms with Crippen molar-refractivity contribution < 1.29 is 31.1 Å². The lowest BCUT2D eigenvalue weighted by Gasteiger charge is -2.13. The first kappa shape index (κ1) is 21.6. The third kappa shape index (κ3) is 5.17. The SMILES string of the molecule is O=C(Nc1ccc2c(c1)OCCCO2)c1cccc(S(=O)(=O)N[C@@H]2CCS(=O)(=O)C2)c1. The molecular weight excluding hydrogens is 444 g/mol. The zero-order chi connectivity index (χ0) is 22.1. The number of amides is 1. The molecule has 0 radical (unpaired) electrons. The predicted octanol–water partition coefficient (Wildman–Crippen LogP) is 1.57. The summed E-state index contributed by atoms with van der Waals surface area (Å²) in [4.78, 5) is 12.6. The second-order valence-electron chi connectivity index (χ2n) is 7.42. The van der Waals surface area contributed by atoms with E-state index in [0.29, 0.717) is 30.4 Å². The van der Waals surface area contributed by atoms with Crippen LogP contribution in [-0.4, -0.2) is 53.5 Å². The molecule has 2 aromatic rings. The monoisotopic (exact) mass is 466 g/mol. The molecular formula is C20H22N2O7S2. The molecule has 11 heteroatoms. The van der Waals surface area contributed by atoms with E-state index >= 15 is 0 Å². The Balaban J connectivity index is 1.49. The average Bonchev–Trinajstić information content (AvgIpc) is 2.91. The van der Waals surface area contributed by atoms with E-state index in [4.69, 9.17) is 9.47 Å². The molecule has 2 aromatic carbocycles. The van der Waals surface area contributed by atoms with Gasteiger partial charge in [-0.05, 0) is 36.8 Å². The van der Waals surface area contributed by atoms with E-state index in [1.807, 2.05) is 0 Å². The number of anilines is 1. The van der Waals surface area contributed by atoms with Crippen LogP contribution in [0.5, 0.6) is 11.5 Å². The number of hydrogen-bond donors (Lipinski definition) is 2. The number of fused-ring (bicyclic) bond motifs is 1. The molecule has 1 amide bonds. The van der Waals surface area contributed by atoms with Gasteiger partial charge in [-0.1, -0.05) is 6.07 Å². The first-order valence-corrected chi connectivity index (χ1v) is 13.1. The van der Waals surface area contributed by atoms with Crippen molar-refractivity contribution in [2.75, 3.05) is 30.0 Å². The number of sulfone groups is 1. The van der Waals surface area contributed by atoms with Crippen molar-refractivity contribution in [3.63, 3.8) is 0 Å². The Morgan fingerprint density at radius 3 is 2.55 bits per heavy atom. The van der Waals surface area contributed by atoms with Crippen LogP contribution in [0, 0.1) is 0 Å². The molecule has 1 saturated heterocycles. The van der Waals surface area contributed by atoms with Gasteiger partial charge in [0.1, 0.15) is 0 Å². The van der Waals surface area contributed by atoms with E-state index in [0.717, 1.165) is 6.42 Å². The summed E-state index contributed by atoms with van der Waals surface area (Å²) >= 11 is 0. The minimum Gasteiger partial charge on any atom is -0.490 e. The number of nitrogens with one attached hydrogen (secondary N) is 2. The largest absolute Gasteiger partial charge is 0.490 e. The zero-order valence-electron chi connectivity index (χ0n) is 16.5. The van der Waals surface area contributed by atoms with Crippen LogP contribution in [0.3, 0.4) is 0 Å². The molecule has 0 spiro atoms. The molecule has 0 unspecified atom stereocenters. The van der Waals surface area contributed by atoms with Crippen molar-refractivity contribution in [3.05, 3.63) is 48.0 Å². The molecule has 2 aliphatic rings. The Morgan fingerprint density at radius 2 is 1.81 bits per heavy atom. The summed E-state index contributed by atoms with van der Waals surface area (Å²) in [6.07, 6.45) is 0.990. The number of carbonyl (C=O) groups excluding carboxylic acids is 1. The van der Waals surface area contributed by atoms with Gasteiger partial charge < -0.3 is 14.8 Å². The molecule has 0 bridgehead atoms. The van der Waals surface area contributed by atoms with E-state index in [2.05, 4.69) is 10.0 Å². The highest BCUT2D eigenvalue weighted by atomic mass is 32.2. The number of ether oxygens (including phenoxy) is 2. The highest BCUT2D eigenvalue weighted by molar-refractivity contribution is 7.92. The number of rotatable bonds is 5. The Bertz CT molecular complexity index is 1210. The molecule has 31 heavy (non-hydrogen) atoms. The average molecular weight is 467 g/mol. The maximum absolute atomic E-state index is 12.7. The van der Waals surface area contributed by atoms with Gasteiger partial charge in [0.15, 0.2) is 21.3 Å². The summed E-state index contributed by atoms with van der Waals surface area (Å²) in [5, 5.41) is 2.72. The molecule has 0 aliphatic carbocycles. The first-order valence-electron chi connectivity index (χ1n) is 9.76. The molecule has 4 rings (SSSR count). The standard InChI is InChI=1S/C20H22N2O7S2/c23-20(21-15-5-6-18-19(12-15)29-9-2-8-28-18)14-3-1-4-17(11-14)31(26,27)22-16-7-10-30(24,25)13-16/h1,3-6,11-12,16,22H,2,7-10,13H2,(H,21,23)/t16-/m1/s1. The Kier molecular flexibility index (Phi) is 5.91. The summed E-state index contributed by atoms with van der Waals surface area (Å²) in [7, 11) is -7.20. The van der Waals surface area contributed by atoms with Crippen LogP contribution < -0.4 is 19.5 Å². The summed E-state index contributed by atoms with van der Waals surface area (Å²) in [5.41, 5.74) is 0.630. The smallest absolute Gasteiger partial charge is 0.255 e. The van der Waals surface area contributed by atoms with Crippen LogP contribution in [0.1, 0.15) is 23.2 Å². The molecule has 2 N–H and O–H groups in total. The van der Waals surface area contributed by atoms with E-state index in [1.54, 1.807) is 18.2 Å². The summed E-state index contributed by atoms with van der Waals surface area (Å²) in [6.45, 7) is 1.07. The van der Waals surface area contributed by atoms with Gasteiger partial charge in [0, 0.05) is 29.8 Å². The van der Waals surface area contributed by atoms with E-state index in [1.165, 1.54) is 24.3 Å². The maximum atomic E-state index is 12.7. The van der Waals surface area contributed by atoms with Crippen LogP contribution in [0.2, 0.25) is 0 Å². The van der Waals surface area contributed by atoms with Crippen LogP contribution >= 0.6 is 0 Å². The van der Waals surface area contributed by atoms with Crippen LogP contribution in [0.25, 0.3) is 0 Å². The Morgan fingerprint density at radius 1 is 1.03 bits per heavy atom. The fourth-order valence-corrected chi connectivity index (χ4v) is 6.52. The molecule has 2 heterocycles. The van der Waals surface area contributed by atoms with Crippen molar-refractivity contribution in [3.8, 4) is 11.5 Å². The number of benzene rings is 2. The zero-order valence-corrected chi connectivity index (χ0v) is 18.2. The van der Waals surface area contributed by atoms with Gasteiger partial charge in [-0.15, -0.1) is 0 Å². The predicted molar refractivity (Wildman–Crippen MR) is 114 cm³/mol. The van der Waals surface area contributed by atoms with Gasteiger partial charge in [0.05, 0.1) is 29.6 Å². The highest BCUT2D eigenvalue weighted by Crippen LogP contribution is 2.32. The van der Waals surface area contributed by atoms with Crippen LogP contribution in [0.15, 0.2) is 47.4 Å². The fraction of sp³-hybridized carbons (Fsp3) is 0.350. The van der Waals surface area contributed by atoms with E-state index < -0.39 is 31.8 Å². The third-order valence-electron chi connectivity index (χ3n) is 4.97. The van der Waals surface area contributed by atoms with E-state index in [-0.39, 0.29) is 28.4 Å². The third-order valence-corrected chi connectivity index (χ3v) is 8.25. The molecule has 2 aliphatic heterocycles. The Labute approximate surface area is 180 Å². The summed E-state index contributed by atoms with van der Waals surface area (Å²) in [5.74, 6) is 0.371. The highest BCUT2D eigenvalue weighted by Gasteiger charge is 2.31. The van der Waals surface area contributed by atoms with Crippen molar-refractivity contribution >= 4 is 31.5 Å². The summed E-state index contributed by atoms with van der Waals surface area (Å²) < 4.78 is 62.1. The van der Waals surface area contributed by atoms with Gasteiger partial charge in [-0.3, -0.25) is 4.79 Å². The lowest BCUT2D eigenvalue weighted by atomic mass is 10.2. The molecule has 1 fully saturated rings. The quantitative estimate of drug-likeness (QED) is 0.684. The molecule has 1 atom stereocenters. The molecule has 166 valence electrons. The van der Waals surface area contributed by atoms with E-state index in [9.17, 15) is 21.6 Å². The van der Waals surface area contributed by atoms with Crippen LogP contribution in [0.4, 0.5) is 5.69 Å². The maximum Gasteiger partial charge on any atom is 0.255 e. The molecule has 0 saturated carbocycles. The van der Waals surface area contributed by atoms with Crippen LogP contribution in [-0.2, 0) is 19.9 Å². The Hall–Kier alpha value is -2.63. The van der Waals surface area contributed by atoms with Crippen molar-refractivity contribution in [2.45, 2.75) is 23.8 Å². The molecule has 9 nitrogen and oxygen atoms in total. The van der Waals surface area contributed by atoms with Gasteiger partial charge in [0.25, 0.3) is 5.91 Å². The molecule has 0 aromatic heterocycles.